The van der Waals surface area contributed by atoms with Crippen LogP contribution in [0.5, 0.6) is 0 Å². The lowest BCUT2D eigenvalue weighted by Gasteiger charge is -2.33. The van der Waals surface area contributed by atoms with Gasteiger partial charge in [-0.2, -0.15) is 0 Å². The predicted octanol–water partition coefficient (Wildman–Crippen LogP) is 3.55. The summed E-state index contributed by atoms with van der Waals surface area (Å²) < 4.78 is 0. The Hall–Kier alpha value is -0.770. The van der Waals surface area contributed by atoms with E-state index < -0.39 is 0 Å². The molecule has 3 atom stereocenters. The molecule has 1 aromatic rings. The fourth-order valence-corrected chi connectivity index (χ4v) is 4.02. The van der Waals surface area contributed by atoms with E-state index in [1.54, 1.807) is 6.07 Å². The summed E-state index contributed by atoms with van der Waals surface area (Å²) in [6, 6.07) is 5.69. The minimum absolute atomic E-state index is 0.0873. The normalized spacial score (nSPS) is 27.8. The molecule has 2 fully saturated rings. The maximum Gasteiger partial charge on any atom is 0.226 e. The standard InChI is InChI=1S/C17H22Cl2N2O/c1-20-9-11-4-3-7-21(10-11)17(22)14-8-13(14)12-5-2-6-15(18)16(12)19/h2,5-6,11,13-14,20H,3-4,7-10H2,1H3. The molecule has 1 aliphatic heterocycles. The highest BCUT2D eigenvalue weighted by Crippen LogP contribution is 2.51. The number of carbonyl (C=O) groups excluding carboxylic acids is 1. The number of rotatable bonds is 4. The van der Waals surface area contributed by atoms with Crippen LogP contribution < -0.4 is 5.32 Å². The van der Waals surface area contributed by atoms with E-state index in [9.17, 15) is 4.79 Å². The van der Waals surface area contributed by atoms with Gasteiger partial charge in [0.25, 0.3) is 0 Å². The van der Waals surface area contributed by atoms with Crippen molar-refractivity contribution < 1.29 is 4.79 Å². The van der Waals surface area contributed by atoms with Crippen LogP contribution in [0.1, 0.15) is 30.7 Å². The van der Waals surface area contributed by atoms with Crippen LogP contribution in [0.25, 0.3) is 0 Å². The Morgan fingerprint density at radius 3 is 3.00 bits per heavy atom. The molecule has 5 heteroatoms. The van der Waals surface area contributed by atoms with Gasteiger partial charge < -0.3 is 10.2 Å². The number of halogens is 2. The van der Waals surface area contributed by atoms with E-state index in [-0.39, 0.29) is 11.8 Å². The third-order valence-corrected chi connectivity index (χ3v) is 5.65. The van der Waals surface area contributed by atoms with Gasteiger partial charge in [0.05, 0.1) is 10.0 Å². The van der Waals surface area contributed by atoms with Crippen molar-refractivity contribution in [3.63, 3.8) is 0 Å². The second kappa shape index (κ2) is 6.77. The van der Waals surface area contributed by atoms with Gasteiger partial charge in [0.15, 0.2) is 0 Å². The van der Waals surface area contributed by atoms with E-state index in [4.69, 9.17) is 23.2 Å². The minimum Gasteiger partial charge on any atom is -0.342 e. The molecule has 120 valence electrons. The molecule has 1 heterocycles. The number of nitrogens with zero attached hydrogens (tertiary/aromatic N) is 1. The van der Waals surface area contributed by atoms with Crippen LogP contribution in [0.15, 0.2) is 18.2 Å². The van der Waals surface area contributed by atoms with Crippen molar-refractivity contribution in [2.75, 3.05) is 26.7 Å². The molecule has 1 amide bonds. The van der Waals surface area contributed by atoms with Gasteiger partial charge in [-0.1, -0.05) is 35.3 Å². The largest absolute Gasteiger partial charge is 0.342 e. The van der Waals surface area contributed by atoms with E-state index >= 15 is 0 Å². The number of benzene rings is 1. The van der Waals surface area contributed by atoms with Crippen molar-refractivity contribution in [3.8, 4) is 0 Å². The van der Waals surface area contributed by atoms with Crippen LogP contribution in [0.3, 0.4) is 0 Å². The highest BCUT2D eigenvalue weighted by Gasteiger charge is 2.47. The summed E-state index contributed by atoms with van der Waals surface area (Å²) in [4.78, 5) is 14.8. The molecule has 1 N–H and O–H groups in total. The van der Waals surface area contributed by atoms with Crippen LogP contribution in [0.2, 0.25) is 10.0 Å². The first-order valence-corrected chi connectivity index (χ1v) is 8.74. The fourth-order valence-electron chi connectivity index (χ4n) is 3.57. The molecule has 2 aliphatic rings. The number of hydrogen-bond acceptors (Lipinski definition) is 2. The van der Waals surface area contributed by atoms with Crippen molar-refractivity contribution in [1.29, 1.82) is 0 Å². The molecular weight excluding hydrogens is 319 g/mol. The average Bonchev–Trinajstić information content (AvgIpc) is 3.30. The zero-order valence-electron chi connectivity index (χ0n) is 12.8. The maximum absolute atomic E-state index is 12.7. The summed E-state index contributed by atoms with van der Waals surface area (Å²) in [6.45, 7) is 2.76. The quantitative estimate of drug-likeness (QED) is 0.908. The van der Waals surface area contributed by atoms with E-state index in [0.29, 0.717) is 21.9 Å². The number of amides is 1. The van der Waals surface area contributed by atoms with E-state index in [2.05, 4.69) is 10.2 Å². The molecule has 22 heavy (non-hydrogen) atoms. The van der Waals surface area contributed by atoms with Crippen LogP contribution in [-0.4, -0.2) is 37.5 Å². The minimum atomic E-state index is 0.0873. The summed E-state index contributed by atoms with van der Waals surface area (Å²) in [5, 5.41) is 4.40. The number of likely N-dealkylation sites (tertiary alicyclic amines) is 1. The summed E-state index contributed by atoms with van der Waals surface area (Å²) in [7, 11) is 1.97. The maximum atomic E-state index is 12.7. The van der Waals surface area contributed by atoms with E-state index in [1.807, 2.05) is 19.2 Å². The van der Waals surface area contributed by atoms with Crippen LogP contribution >= 0.6 is 23.2 Å². The Morgan fingerprint density at radius 2 is 2.23 bits per heavy atom. The van der Waals surface area contributed by atoms with Crippen molar-refractivity contribution in [3.05, 3.63) is 33.8 Å². The molecule has 1 aromatic carbocycles. The molecule has 0 radical (unpaired) electrons. The molecule has 0 bridgehead atoms. The van der Waals surface area contributed by atoms with Crippen LogP contribution in [-0.2, 0) is 4.79 Å². The molecule has 1 saturated heterocycles. The van der Waals surface area contributed by atoms with Crippen molar-refractivity contribution in [1.82, 2.24) is 10.2 Å². The zero-order chi connectivity index (χ0) is 15.7. The summed E-state index contributed by atoms with van der Waals surface area (Å²) in [6.07, 6.45) is 3.21. The smallest absolute Gasteiger partial charge is 0.226 e. The van der Waals surface area contributed by atoms with Crippen LogP contribution in [0.4, 0.5) is 0 Å². The van der Waals surface area contributed by atoms with Crippen molar-refractivity contribution >= 4 is 29.1 Å². The van der Waals surface area contributed by atoms with Gasteiger partial charge in [0.1, 0.15) is 0 Å². The predicted molar refractivity (Wildman–Crippen MR) is 90.5 cm³/mol. The van der Waals surface area contributed by atoms with Crippen molar-refractivity contribution in [2.24, 2.45) is 11.8 Å². The van der Waals surface area contributed by atoms with Gasteiger partial charge >= 0.3 is 0 Å². The average molecular weight is 341 g/mol. The van der Waals surface area contributed by atoms with Gasteiger partial charge in [-0.3, -0.25) is 4.79 Å². The molecule has 3 unspecified atom stereocenters. The highest BCUT2D eigenvalue weighted by atomic mass is 35.5. The SMILES string of the molecule is CNCC1CCCN(C(=O)C2CC2c2cccc(Cl)c2Cl)C1. The summed E-state index contributed by atoms with van der Waals surface area (Å²) >= 11 is 12.4. The second-order valence-electron chi connectivity index (χ2n) is 6.44. The lowest BCUT2D eigenvalue weighted by atomic mass is 9.97. The van der Waals surface area contributed by atoms with E-state index in [1.165, 1.54) is 6.42 Å². The van der Waals surface area contributed by atoms with Gasteiger partial charge in [0, 0.05) is 19.0 Å². The number of nitrogens with one attached hydrogen (secondary N) is 1. The van der Waals surface area contributed by atoms with Gasteiger partial charge in [-0.25, -0.2) is 0 Å². The Kier molecular flexibility index (Phi) is 4.96. The van der Waals surface area contributed by atoms with E-state index in [0.717, 1.165) is 38.0 Å². The monoisotopic (exact) mass is 340 g/mol. The molecule has 0 spiro atoms. The van der Waals surface area contributed by atoms with Crippen molar-refractivity contribution in [2.45, 2.75) is 25.2 Å². The lowest BCUT2D eigenvalue weighted by Crippen LogP contribution is -2.43. The first-order chi connectivity index (χ1) is 10.6. The molecule has 0 aromatic heterocycles. The first kappa shape index (κ1) is 16.1. The Bertz CT molecular complexity index is 562. The Balaban J connectivity index is 1.64. The number of hydrogen-bond donors (Lipinski definition) is 1. The highest BCUT2D eigenvalue weighted by molar-refractivity contribution is 6.42. The summed E-state index contributed by atoms with van der Waals surface area (Å²) in [5.74, 6) is 1.20. The van der Waals surface area contributed by atoms with Crippen LogP contribution in [0, 0.1) is 11.8 Å². The molecule has 3 nitrogen and oxygen atoms in total. The zero-order valence-corrected chi connectivity index (χ0v) is 14.3. The summed E-state index contributed by atoms with van der Waals surface area (Å²) in [5.41, 5.74) is 1.02. The first-order valence-electron chi connectivity index (χ1n) is 7.99. The topological polar surface area (TPSA) is 32.3 Å². The Morgan fingerprint density at radius 1 is 1.41 bits per heavy atom. The third-order valence-electron chi connectivity index (χ3n) is 4.81. The molecule has 3 rings (SSSR count). The van der Waals surface area contributed by atoms with Gasteiger partial charge in [-0.05, 0) is 56.3 Å². The second-order valence-corrected chi connectivity index (χ2v) is 7.23. The molecule has 1 saturated carbocycles. The third kappa shape index (κ3) is 3.27. The Labute approximate surface area is 142 Å². The van der Waals surface area contributed by atoms with Gasteiger partial charge in [-0.15, -0.1) is 0 Å². The fraction of sp³-hybridized carbons (Fsp3) is 0.588. The number of piperidine rings is 1. The lowest BCUT2D eigenvalue weighted by molar-refractivity contribution is -0.134. The number of carbonyl (C=O) groups is 1. The molecule has 1 aliphatic carbocycles. The van der Waals surface area contributed by atoms with Gasteiger partial charge in [0.2, 0.25) is 5.91 Å². The molecular formula is C17H22Cl2N2O.